The molecule has 1 saturated heterocycles. The van der Waals surface area contributed by atoms with Gasteiger partial charge in [0.2, 0.25) is 5.91 Å². The smallest absolute Gasteiger partial charge is 0.242 e. The molecule has 0 aromatic carbocycles. The molecule has 1 heterocycles. The predicted molar refractivity (Wildman–Crippen MR) is 57.2 cm³/mol. The van der Waals surface area contributed by atoms with Crippen LogP contribution in [0.25, 0.3) is 0 Å². The van der Waals surface area contributed by atoms with Crippen LogP contribution in [-0.2, 0) is 4.79 Å². The molecule has 1 saturated carbocycles. The zero-order valence-corrected chi connectivity index (χ0v) is 9.11. The highest BCUT2D eigenvalue weighted by atomic mass is 16.3. The van der Waals surface area contributed by atoms with Crippen molar-refractivity contribution in [3.05, 3.63) is 0 Å². The molecule has 1 atom stereocenters. The molecule has 2 rings (SSSR count). The second-order valence-electron chi connectivity index (χ2n) is 4.82. The van der Waals surface area contributed by atoms with E-state index in [1.165, 1.54) is 0 Å². The Bertz CT molecular complexity index is 243. The Kier molecular flexibility index (Phi) is 2.98. The summed E-state index contributed by atoms with van der Waals surface area (Å²) in [6.45, 7) is 1.62. The van der Waals surface area contributed by atoms with Crippen LogP contribution in [-0.4, -0.2) is 40.6 Å². The fraction of sp³-hybridized carbons (Fsp3) is 0.909. The van der Waals surface area contributed by atoms with Crippen LogP contribution in [0, 0.1) is 0 Å². The van der Waals surface area contributed by atoms with Crippen LogP contribution >= 0.6 is 0 Å². The minimum Gasteiger partial charge on any atom is -0.388 e. The van der Waals surface area contributed by atoms with Crippen LogP contribution < -0.4 is 5.73 Å². The van der Waals surface area contributed by atoms with E-state index in [2.05, 4.69) is 0 Å². The summed E-state index contributed by atoms with van der Waals surface area (Å²) in [5, 5.41) is 10.2. The summed E-state index contributed by atoms with van der Waals surface area (Å²) in [4.78, 5) is 13.8. The Balaban J connectivity index is 1.99. The molecule has 2 aliphatic rings. The third kappa shape index (κ3) is 2.01. The number of aliphatic hydroxyl groups is 1. The van der Waals surface area contributed by atoms with Crippen molar-refractivity contribution in [2.75, 3.05) is 13.1 Å². The van der Waals surface area contributed by atoms with Gasteiger partial charge >= 0.3 is 0 Å². The van der Waals surface area contributed by atoms with Gasteiger partial charge in [-0.1, -0.05) is 12.8 Å². The number of carbonyl (C=O) groups excluding carboxylic acids is 1. The lowest BCUT2D eigenvalue weighted by molar-refractivity contribution is -0.137. The van der Waals surface area contributed by atoms with Gasteiger partial charge in [-0.05, 0) is 25.7 Å². The Morgan fingerprint density at radius 3 is 2.27 bits per heavy atom. The molecule has 0 aromatic heterocycles. The van der Waals surface area contributed by atoms with Crippen molar-refractivity contribution in [1.82, 2.24) is 4.90 Å². The summed E-state index contributed by atoms with van der Waals surface area (Å²) in [5.41, 5.74) is 4.96. The van der Waals surface area contributed by atoms with Crippen molar-refractivity contribution >= 4 is 5.91 Å². The van der Waals surface area contributed by atoms with Gasteiger partial charge in [-0.2, -0.15) is 0 Å². The van der Waals surface area contributed by atoms with Gasteiger partial charge in [0.1, 0.15) is 6.04 Å². The van der Waals surface area contributed by atoms with Crippen LogP contribution in [0.5, 0.6) is 0 Å². The van der Waals surface area contributed by atoms with Crippen LogP contribution in [0.4, 0.5) is 0 Å². The van der Waals surface area contributed by atoms with Gasteiger partial charge in [-0.3, -0.25) is 4.79 Å². The van der Waals surface area contributed by atoms with Gasteiger partial charge in [0.25, 0.3) is 0 Å². The number of likely N-dealkylation sites (tertiary alicyclic amines) is 1. The highest BCUT2D eigenvalue weighted by molar-refractivity contribution is 5.83. The average molecular weight is 212 g/mol. The number of hydrogen-bond acceptors (Lipinski definition) is 3. The van der Waals surface area contributed by atoms with Crippen molar-refractivity contribution in [1.29, 1.82) is 0 Å². The molecule has 0 bridgehead atoms. The molecule has 4 nitrogen and oxygen atoms in total. The lowest BCUT2D eigenvalue weighted by atomic mass is 9.92. The first-order valence-corrected chi connectivity index (χ1v) is 5.90. The number of rotatable bonds is 2. The van der Waals surface area contributed by atoms with E-state index in [-0.39, 0.29) is 5.91 Å². The maximum absolute atomic E-state index is 12.0. The van der Waals surface area contributed by atoms with Crippen molar-refractivity contribution < 1.29 is 9.90 Å². The molecule has 2 fully saturated rings. The Hall–Kier alpha value is -0.610. The van der Waals surface area contributed by atoms with E-state index in [1.54, 1.807) is 4.90 Å². The molecular formula is C11H20N2O2. The summed E-state index contributed by atoms with van der Waals surface area (Å²) < 4.78 is 0. The van der Waals surface area contributed by atoms with Gasteiger partial charge in [0.05, 0.1) is 5.60 Å². The molecule has 1 amide bonds. The SMILES string of the molecule is NC(C(=O)N1CCCC1)C1(O)CCCC1. The van der Waals surface area contributed by atoms with Crippen LogP contribution in [0.1, 0.15) is 38.5 Å². The monoisotopic (exact) mass is 212 g/mol. The predicted octanol–water partition coefficient (Wildman–Crippen LogP) is 0.241. The van der Waals surface area contributed by atoms with Crippen molar-refractivity contribution in [3.8, 4) is 0 Å². The number of hydrogen-bond donors (Lipinski definition) is 2. The minimum atomic E-state index is -0.931. The zero-order valence-electron chi connectivity index (χ0n) is 9.11. The van der Waals surface area contributed by atoms with Crippen molar-refractivity contribution in [2.45, 2.75) is 50.2 Å². The van der Waals surface area contributed by atoms with Gasteiger partial charge < -0.3 is 15.7 Å². The summed E-state index contributed by atoms with van der Waals surface area (Å²) in [7, 11) is 0. The molecule has 1 aliphatic carbocycles. The highest BCUT2D eigenvalue weighted by Crippen LogP contribution is 2.32. The lowest BCUT2D eigenvalue weighted by Gasteiger charge is -2.31. The van der Waals surface area contributed by atoms with Gasteiger partial charge in [-0.25, -0.2) is 0 Å². The van der Waals surface area contributed by atoms with Gasteiger partial charge in [0.15, 0.2) is 0 Å². The standard InChI is InChI=1S/C11H20N2O2/c12-9(11(15)5-1-2-6-11)10(14)13-7-3-4-8-13/h9,15H,1-8,12H2. The maximum Gasteiger partial charge on any atom is 0.242 e. The Labute approximate surface area is 90.4 Å². The van der Waals surface area contributed by atoms with E-state index in [0.717, 1.165) is 38.8 Å². The topological polar surface area (TPSA) is 66.6 Å². The van der Waals surface area contributed by atoms with E-state index < -0.39 is 11.6 Å². The van der Waals surface area contributed by atoms with E-state index >= 15 is 0 Å². The van der Waals surface area contributed by atoms with Crippen LogP contribution in [0.3, 0.4) is 0 Å². The van der Waals surface area contributed by atoms with Crippen LogP contribution in [0.15, 0.2) is 0 Å². The number of nitrogens with two attached hydrogens (primary N) is 1. The zero-order chi connectivity index (χ0) is 10.9. The minimum absolute atomic E-state index is 0.0584. The fourth-order valence-electron chi connectivity index (χ4n) is 2.66. The summed E-state index contributed by atoms with van der Waals surface area (Å²) in [6.07, 6.45) is 5.45. The Morgan fingerprint density at radius 1 is 1.20 bits per heavy atom. The molecular weight excluding hydrogens is 192 g/mol. The molecule has 1 aliphatic heterocycles. The molecule has 1 unspecified atom stereocenters. The molecule has 86 valence electrons. The van der Waals surface area contributed by atoms with Gasteiger partial charge in [-0.15, -0.1) is 0 Å². The highest BCUT2D eigenvalue weighted by Gasteiger charge is 2.42. The van der Waals surface area contributed by atoms with Gasteiger partial charge in [0, 0.05) is 13.1 Å². The first-order chi connectivity index (χ1) is 7.13. The van der Waals surface area contributed by atoms with E-state index in [0.29, 0.717) is 12.8 Å². The number of amides is 1. The van der Waals surface area contributed by atoms with E-state index in [4.69, 9.17) is 5.73 Å². The normalized spacial score (nSPS) is 26.9. The molecule has 4 heteroatoms. The fourth-order valence-corrected chi connectivity index (χ4v) is 2.66. The maximum atomic E-state index is 12.0. The second-order valence-corrected chi connectivity index (χ2v) is 4.82. The number of nitrogens with zero attached hydrogens (tertiary/aromatic N) is 1. The molecule has 15 heavy (non-hydrogen) atoms. The van der Waals surface area contributed by atoms with E-state index in [1.807, 2.05) is 0 Å². The molecule has 0 radical (unpaired) electrons. The van der Waals surface area contributed by atoms with Crippen molar-refractivity contribution in [2.24, 2.45) is 5.73 Å². The largest absolute Gasteiger partial charge is 0.388 e. The first-order valence-electron chi connectivity index (χ1n) is 5.90. The van der Waals surface area contributed by atoms with Crippen LogP contribution in [0.2, 0.25) is 0 Å². The summed E-state index contributed by atoms with van der Waals surface area (Å²) >= 11 is 0. The Morgan fingerprint density at radius 2 is 1.73 bits per heavy atom. The lowest BCUT2D eigenvalue weighted by Crippen LogP contribution is -2.55. The molecule has 3 N–H and O–H groups in total. The number of carbonyl (C=O) groups is 1. The summed E-state index contributed by atoms with van der Waals surface area (Å²) in [6, 6.07) is -0.710. The summed E-state index contributed by atoms with van der Waals surface area (Å²) in [5.74, 6) is -0.0584. The third-order valence-corrected chi connectivity index (χ3v) is 3.73. The average Bonchev–Trinajstić information content (AvgIpc) is 2.86. The quantitative estimate of drug-likeness (QED) is 0.689. The van der Waals surface area contributed by atoms with E-state index in [9.17, 15) is 9.90 Å². The first kappa shape index (κ1) is 10.9. The third-order valence-electron chi connectivity index (χ3n) is 3.73. The molecule has 0 aromatic rings. The van der Waals surface area contributed by atoms with Crippen molar-refractivity contribution in [3.63, 3.8) is 0 Å². The second kappa shape index (κ2) is 4.10. The molecule has 0 spiro atoms.